The van der Waals surface area contributed by atoms with Gasteiger partial charge < -0.3 is 20.3 Å². The van der Waals surface area contributed by atoms with Crippen LogP contribution in [-0.4, -0.2) is 60.3 Å². The van der Waals surface area contributed by atoms with Crippen LogP contribution in [0.2, 0.25) is 0 Å². The van der Waals surface area contributed by atoms with Gasteiger partial charge in [-0.05, 0) is 32.3 Å². The van der Waals surface area contributed by atoms with Crippen molar-refractivity contribution >= 4 is 24.4 Å². The van der Waals surface area contributed by atoms with Crippen LogP contribution in [0.5, 0.6) is 0 Å². The molecule has 2 amide bonds. The second-order valence-electron chi connectivity index (χ2n) is 7.92. The van der Waals surface area contributed by atoms with E-state index < -0.39 is 6.04 Å². The monoisotopic (exact) mass is 424 g/mol. The number of rotatable bonds is 3. The van der Waals surface area contributed by atoms with Crippen LogP contribution in [0.3, 0.4) is 0 Å². The van der Waals surface area contributed by atoms with Gasteiger partial charge in [-0.1, -0.05) is 6.07 Å². The molecule has 3 aliphatic rings. The topological polar surface area (TPSA) is 92.7 Å². The molecule has 4 heterocycles. The molecule has 2 bridgehead atoms. The van der Waals surface area contributed by atoms with Crippen LogP contribution in [0.15, 0.2) is 23.0 Å². The molecule has 0 radical (unpaired) electrons. The maximum atomic E-state index is 13.2. The summed E-state index contributed by atoms with van der Waals surface area (Å²) >= 11 is 0. The average molecular weight is 425 g/mol. The van der Waals surface area contributed by atoms with Gasteiger partial charge in [-0.2, -0.15) is 0 Å². The number of hydrogen-bond donors (Lipinski definition) is 2. The average Bonchev–Trinajstić information content (AvgIpc) is 2.70. The van der Waals surface area contributed by atoms with E-state index in [9.17, 15) is 14.4 Å². The van der Waals surface area contributed by atoms with Gasteiger partial charge in [-0.25, -0.2) is 4.79 Å². The van der Waals surface area contributed by atoms with Crippen molar-refractivity contribution in [3.63, 3.8) is 0 Å². The summed E-state index contributed by atoms with van der Waals surface area (Å²) in [7, 11) is 0. The first-order valence-electron chi connectivity index (χ1n) is 10.2. The number of nitrogens with zero attached hydrogens (tertiary/aromatic N) is 2. The van der Waals surface area contributed by atoms with Gasteiger partial charge in [0.05, 0.1) is 6.61 Å². The Hall–Kier alpha value is -2.06. The number of piperidine rings is 2. The van der Waals surface area contributed by atoms with Crippen LogP contribution < -0.4 is 16.2 Å². The molecule has 0 unspecified atom stereocenters. The Bertz CT molecular complexity index is 806. The fourth-order valence-corrected chi connectivity index (χ4v) is 4.84. The fourth-order valence-electron chi connectivity index (χ4n) is 4.84. The van der Waals surface area contributed by atoms with E-state index in [0.29, 0.717) is 32.5 Å². The minimum absolute atomic E-state index is 0. The summed E-state index contributed by atoms with van der Waals surface area (Å²) in [4.78, 5) is 39.3. The van der Waals surface area contributed by atoms with E-state index in [4.69, 9.17) is 4.74 Å². The fraction of sp³-hybridized carbons (Fsp3) is 0.650. The zero-order valence-corrected chi connectivity index (χ0v) is 17.5. The second kappa shape index (κ2) is 9.17. The third-order valence-corrected chi connectivity index (χ3v) is 6.18. The molecular formula is C20H29ClN4O4. The zero-order chi connectivity index (χ0) is 19.7. The van der Waals surface area contributed by atoms with Gasteiger partial charge in [0.2, 0.25) is 5.91 Å². The molecule has 9 heteroatoms. The van der Waals surface area contributed by atoms with Crippen molar-refractivity contribution in [3.05, 3.63) is 34.2 Å². The lowest BCUT2D eigenvalue weighted by Crippen LogP contribution is -2.54. The highest BCUT2D eigenvalue weighted by Crippen LogP contribution is 2.38. The highest BCUT2D eigenvalue weighted by Gasteiger charge is 2.42. The molecule has 0 aromatic carbocycles. The molecule has 2 N–H and O–H groups in total. The molecule has 3 aliphatic heterocycles. The van der Waals surface area contributed by atoms with E-state index in [1.165, 1.54) is 6.07 Å². The first kappa shape index (κ1) is 21.6. The number of ether oxygens (including phenoxy) is 1. The Morgan fingerprint density at radius 1 is 1.24 bits per heavy atom. The normalized spacial score (nSPS) is 26.1. The first-order valence-corrected chi connectivity index (χ1v) is 10.2. The Morgan fingerprint density at radius 2 is 2.00 bits per heavy atom. The van der Waals surface area contributed by atoms with E-state index in [1.54, 1.807) is 22.5 Å². The summed E-state index contributed by atoms with van der Waals surface area (Å²) in [6, 6.07) is 4.82. The molecule has 29 heavy (non-hydrogen) atoms. The number of pyridine rings is 1. The summed E-state index contributed by atoms with van der Waals surface area (Å²) in [5.74, 6) is 0.312. The summed E-state index contributed by atoms with van der Waals surface area (Å²) < 4.78 is 6.76. The maximum absolute atomic E-state index is 13.2. The molecule has 1 aromatic rings. The van der Waals surface area contributed by atoms with Crippen LogP contribution in [0.1, 0.15) is 43.8 Å². The number of aromatic nitrogens is 1. The van der Waals surface area contributed by atoms with Crippen LogP contribution in [0.4, 0.5) is 4.79 Å². The van der Waals surface area contributed by atoms with Gasteiger partial charge >= 0.3 is 6.09 Å². The van der Waals surface area contributed by atoms with E-state index in [1.807, 2.05) is 6.07 Å². The number of nitrogens with one attached hydrogen (secondary N) is 2. The SMILES string of the molecule is CCOC(=O)N1CCC(NC(=O)[C@H]2[C@@H]3CNC[C@@H](C3)c3cccc(=O)n32)CC1.Cl. The van der Waals surface area contributed by atoms with Crippen molar-refractivity contribution in [2.24, 2.45) is 5.92 Å². The third kappa shape index (κ3) is 4.28. The third-order valence-electron chi connectivity index (χ3n) is 6.18. The predicted molar refractivity (Wildman–Crippen MR) is 110 cm³/mol. The number of carbonyl (C=O) groups is 2. The van der Waals surface area contributed by atoms with Crippen molar-refractivity contribution in [3.8, 4) is 0 Å². The van der Waals surface area contributed by atoms with Crippen LogP contribution in [-0.2, 0) is 9.53 Å². The van der Waals surface area contributed by atoms with Crippen LogP contribution in [0.25, 0.3) is 0 Å². The molecule has 160 valence electrons. The standard InChI is InChI=1S/C20H28N4O4.ClH/c1-2-28-20(27)23-8-6-15(7-9-23)22-19(26)18-14-10-13(11-21-12-14)16-4-3-5-17(25)24(16)18;/h3-5,13-15,18,21H,2,6-12H2,1H3,(H,22,26);1H/t13-,14+,18-;/m1./s1. The van der Waals surface area contributed by atoms with E-state index >= 15 is 0 Å². The number of hydrogen-bond acceptors (Lipinski definition) is 5. The quantitative estimate of drug-likeness (QED) is 0.762. The van der Waals surface area contributed by atoms with Crippen LogP contribution in [0, 0.1) is 5.92 Å². The van der Waals surface area contributed by atoms with Gasteiger partial charge in [-0.3, -0.25) is 14.2 Å². The molecule has 2 saturated heterocycles. The lowest BCUT2D eigenvalue weighted by atomic mass is 9.79. The Balaban J connectivity index is 0.00000240. The minimum Gasteiger partial charge on any atom is -0.450 e. The molecule has 0 spiro atoms. The molecule has 4 rings (SSSR count). The van der Waals surface area contributed by atoms with Gasteiger partial charge in [0.25, 0.3) is 5.56 Å². The largest absolute Gasteiger partial charge is 0.450 e. The Labute approximate surface area is 176 Å². The lowest BCUT2D eigenvalue weighted by molar-refractivity contribution is -0.128. The molecule has 0 saturated carbocycles. The molecule has 3 atom stereocenters. The van der Waals surface area contributed by atoms with Gasteiger partial charge in [0.15, 0.2) is 0 Å². The summed E-state index contributed by atoms with van der Waals surface area (Å²) in [5.41, 5.74) is 0.847. The van der Waals surface area contributed by atoms with E-state index in [-0.39, 0.29) is 47.8 Å². The zero-order valence-electron chi connectivity index (χ0n) is 16.6. The summed E-state index contributed by atoms with van der Waals surface area (Å²) in [6.07, 6.45) is 2.02. The second-order valence-corrected chi connectivity index (χ2v) is 7.92. The molecule has 0 aliphatic carbocycles. The maximum Gasteiger partial charge on any atom is 0.409 e. The number of likely N-dealkylation sites (tertiary alicyclic amines) is 1. The highest BCUT2D eigenvalue weighted by molar-refractivity contribution is 5.85. The molecular weight excluding hydrogens is 396 g/mol. The number of fused-ring (bicyclic) bond motifs is 4. The van der Waals surface area contributed by atoms with Crippen LogP contribution >= 0.6 is 12.4 Å². The van der Waals surface area contributed by atoms with Crippen molar-refractivity contribution in [2.75, 3.05) is 32.8 Å². The highest BCUT2D eigenvalue weighted by atomic mass is 35.5. The van der Waals surface area contributed by atoms with Crippen molar-refractivity contribution in [1.29, 1.82) is 0 Å². The molecule has 8 nitrogen and oxygen atoms in total. The van der Waals surface area contributed by atoms with E-state index in [2.05, 4.69) is 10.6 Å². The number of amides is 2. The van der Waals surface area contributed by atoms with Crippen molar-refractivity contribution in [1.82, 2.24) is 20.1 Å². The van der Waals surface area contributed by atoms with Gasteiger partial charge in [-0.15, -0.1) is 12.4 Å². The number of halogens is 1. The van der Waals surface area contributed by atoms with Gasteiger partial charge in [0, 0.05) is 55.8 Å². The minimum atomic E-state index is -0.476. The van der Waals surface area contributed by atoms with E-state index in [0.717, 1.165) is 25.2 Å². The van der Waals surface area contributed by atoms with Crippen molar-refractivity contribution in [2.45, 2.75) is 44.2 Å². The lowest BCUT2D eigenvalue weighted by Gasteiger charge is -2.43. The first-order chi connectivity index (χ1) is 13.6. The summed E-state index contributed by atoms with van der Waals surface area (Å²) in [6.45, 7) is 4.88. The Morgan fingerprint density at radius 3 is 2.72 bits per heavy atom. The smallest absolute Gasteiger partial charge is 0.409 e. The number of carbonyl (C=O) groups excluding carboxylic acids is 2. The van der Waals surface area contributed by atoms with Crippen molar-refractivity contribution < 1.29 is 14.3 Å². The predicted octanol–water partition coefficient (Wildman–Crippen LogP) is 1.25. The molecule has 1 aromatic heterocycles. The van der Waals surface area contributed by atoms with Gasteiger partial charge in [0.1, 0.15) is 6.04 Å². The molecule has 2 fully saturated rings. The Kier molecular flexibility index (Phi) is 6.85. The summed E-state index contributed by atoms with van der Waals surface area (Å²) in [5, 5.41) is 6.56.